The summed E-state index contributed by atoms with van der Waals surface area (Å²) < 4.78 is 47.5. The molecule has 0 saturated heterocycles. The molecule has 8 heteroatoms. The quantitative estimate of drug-likeness (QED) is 0.573. The van der Waals surface area contributed by atoms with Crippen LogP contribution in [0, 0.1) is 17.5 Å². The van der Waals surface area contributed by atoms with Crippen molar-refractivity contribution >= 4 is 16.9 Å². The molecule has 1 N–H and O–H groups in total. The SMILES string of the molecule is CCOC(=O)c1cn(-c2ccccc2O)c2c(F)c(F)c(F)cc2c1=O. The zero-order chi connectivity index (χ0) is 19.0. The van der Waals surface area contributed by atoms with E-state index in [-0.39, 0.29) is 18.0 Å². The van der Waals surface area contributed by atoms with Crippen molar-refractivity contribution in [3.63, 3.8) is 0 Å². The summed E-state index contributed by atoms with van der Waals surface area (Å²) in [5, 5.41) is 9.47. The molecular formula is C18H12F3NO4. The van der Waals surface area contributed by atoms with Crippen LogP contribution in [-0.4, -0.2) is 22.2 Å². The summed E-state index contributed by atoms with van der Waals surface area (Å²) in [4.78, 5) is 24.6. The third-order valence-corrected chi connectivity index (χ3v) is 3.76. The Morgan fingerprint density at radius 1 is 1.19 bits per heavy atom. The number of hydrogen-bond acceptors (Lipinski definition) is 4. The van der Waals surface area contributed by atoms with Crippen LogP contribution in [0.5, 0.6) is 5.75 Å². The van der Waals surface area contributed by atoms with E-state index in [1.165, 1.54) is 31.2 Å². The van der Waals surface area contributed by atoms with Crippen LogP contribution >= 0.6 is 0 Å². The maximum atomic E-state index is 14.4. The molecule has 0 saturated carbocycles. The Hall–Kier alpha value is -3.29. The second kappa shape index (κ2) is 6.55. The van der Waals surface area contributed by atoms with Crippen LogP contribution in [-0.2, 0) is 4.74 Å². The third kappa shape index (κ3) is 2.69. The fourth-order valence-electron chi connectivity index (χ4n) is 2.60. The van der Waals surface area contributed by atoms with E-state index in [0.717, 1.165) is 10.8 Å². The Morgan fingerprint density at radius 3 is 2.54 bits per heavy atom. The molecule has 134 valence electrons. The molecule has 3 rings (SSSR count). The highest BCUT2D eigenvalue weighted by atomic mass is 19.2. The van der Waals surface area contributed by atoms with Gasteiger partial charge in [0.2, 0.25) is 5.43 Å². The Bertz CT molecular complexity index is 1090. The van der Waals surface area contributed by atoms with Gasteiger partial charge in [-0.3, -0.25) is 4.79 Å². The average molecular weight is 363 g/mol. The Kier molecular flexibility index (Phi) is 4.41. The lowest BCUT2D eigenvalue weighted by Gasteiger charge is -2.15. The molecule has 0 aliphatic heterocycles. The van der Waals surface area contributed by atoms with E-state index in [1.807, 2.05) is 0 Å². The smallest absolute Gasteiger partial charge is 0.343 e. The Balaban J connectivity index is 2.51. The average Bonchev–Trinajstić information content (AvgIpc) is 2.61. The number of phenolic OH excluding ortho intramolecular Hbond substituents is 1. The molecule has 0 radical (unpaired) electrons. The first-order valence-electron chi connectivity index (χ1n) is 7.55. The molecule has 0 bridgehead atoms. The van der Waals surface area contributed by atoms with Gasteiger partial charge in [-0.25, -0.2) is 18.0 Å². The number of para-hydroxylation sites is 2. The monoisotopic (exact) mass is 363 g/mol. The largest absolute Gasteiger partial charge is 0.506 e. The zero-order valence-corrected chi connectivity index (χ0v) is 13.4. The number of aromatic hydroxyl groups is 1. The van der Waals surface area contributed by atoms with Crippen molar-refractivity contribution in [1.82, 2.24) is 4.57 Å². The van der Waals surface area contributed by atoms with Gasteiger partial charge < -0.3 is 14.4 Å². The molecule has 1 aromatic heterocycles. The summed E-state index contributed by atoms with van der Waals surface area (Å²) in [7, 11) is 0. The number of esters is 1. The number of carbonyl (C=O) groups excluding carboxylic acids is 1. The number of nitrogens with zero attached hydrogens (tertiary/aromatic N) is 1. The first-order valence-corrected chi connectivity index (χ1v) is 7.55. The second-order valence-electron chi connectivity index (χ2n) is 5.33. The molecule has 5 nitrogen and oxygen atoms in total. The van der Waals surface area contributed by atoms with Crippen LogP contribution in [0.3, 0.4) is 0 Å². The normalized spacial score (nSPS) is 10.9. The Morgan fingerprint density at radius 2 is 1.88 bits per heavy atom. The first-order chi connectivity index (χ1) is 12.4. The molecule has 26 heavy (non-hydrogen) atoms. The highest BCUT2D eigenvalue weighted by molar-refractivity contribution is 5.94. The highest BCUT2D eigenvalue weighted by Crippen LogP contribution is 2.28. The molecule has 0 aliphatic carbocycles. The van der Waals surface area contributed by atoms with Crippen LogP contribution in [0.25, 0.3) is 16.6 Å². The van der Waals surface area contributed by atoms with Crippen molar-refractivity contribution in [2.45, 2.75) is 6.92 Å². The summed E-state index contributed by atoms with van der Waals surface area (Å²) in [6.45, 7) is 1.49. The minimum absolute atomic E-state index is 0.0287. The highest BCUT2D eigenvalue weighted by Gasteiger charge is 2.24. The minimum atomic E-state index is -1.77. The number of halogens is 3. The van der Waals surface area contributed by atoms with E-state index in [4.69, 9.17) is 4.74 Å². The number of ether oxygens (including phenoxy) is 1. The maximum Gasteiger partial charge on any atom is 0.343 e. The zero-order valence-electron chi connectivity index (χ0n) is 13.4. The lowest BCUT2D eigenvalue weighted by Crippen LogP contribution is -2.21. The molecule has 2 aromatic carbocycles. The van der Waals surface area contributed by atoms with Crippen molar-refractivity contribution in [2.24, 2.45) is 0 Å². The van der Waals surface area contributed by atoms with E-state index >= 15 is 0 Å². The van der Waals surface area contributed by atoms with Crippen molar-refractivity contribution < 1.29 is 27.8 Å². The van der Waals surface area contributed by atoms with Gasteiger partial charge in [0.1, 0.15) is 11.3 Å². The summed E-state index contributed by atoms with van der Waals surface area (Å²) in [5.41, 5.74) is -2.16. The summed E-state index contributed by atoms with van der Waals surface area (Å²) in [6, 6.07) is 6.14. The van der Waals surface area contributed by atoms with E-state index in [0.29, 0.717) is 6.07 Å². The van der Waals surface area contributed by atoms with E-state index < -0.39 is 45.3 Å². The van der Waals surface area contributed by atoms with Gasteiger partial charge in [0.05, 0.1) is 23.2 Å². The number of hydrogen-bond donors (Lipinski definition) is 1. The number of rotatable bonds is 3. The predicted molar refractivity (Wildman–Crippen MR) is 87.0 cm³/mol. The first kappa shape index (κ1) is 17.5. The van der Waals surface area contributed by atoms with Crippen molar-refractivity contribution in [3.05, 3.63) is 69.8 Å². The number of pyridine rings is 1. The van der Waals surface area contributed by atoms with Gasteiger partial charge in [0, 0.05) is 6.20 Å². The number of carbonyl (C=O) groups is 1. The fraction of sp³-hybridized carbons (Fsp3) is 0.111. The van der Waals surface area contributed by atoms with Crippen molar-refractivity contribution in [1.29, 1.82) is 0 Å². The summed E-state index contributed by atoms with van der Waals surface area (Å²) >= 11 is 0. The van der Waals surface area contributed by atoms with Crippen LogP contribution in [0.1, 0.15) is 17.3 Å². The maximum absolute atomic E-state index is 14.4. The second-order valence-corrected chi connectivity index (χ2v) is 5.33. The molecule has 0 aliphatic rings. The molecule has 0 spiro atoms. The predicted octanol–water partition coefficient (Wildman–Crippen LogP) is 3.29. The third-order valence-electron chi connectivity index (χ3n) is 3.76. The lowest BCUT2D eigenvalue weighted by molar-refractivity contribution is 0.0524. The number of aromatic nitrogens is 1. The van der Waals surface area contributed by atoms with Gasteiger partial charge >= 0.3 is 5.97 Å². The van der Waals surface area contributed by atoms with Crippen LogP contribution in [0.4, 0.5) is 13.2 Å². The topological polar surface area (TPSA) is 68.5 Å². The number of phenols is 1. The van der Waals surface area contributed by atoms with E-state index in [9.17, 15) is 27.9 Å². The van der Waals surface area contributed by atoms with Crippen molar-refractivity contribution in [2.75, 3.05) is 6.61 Å². The molecule has 0 amide bonds. The van der Waals surface area contributed by atoms with Crippen LogP contribution in [0.15, 0.2) is 41.3 Å². The summed E-state index contributed by atoms with van der Waals surface area (Å²) in [6.07, 6.45) is 0.929. The van der Waals surface area contributed by atoms with E-state index in [1.54, 1.807) is 0 Å². The van der Waals surface area contributed by atoms with Crippen LogP contribution < -0.4 is 5.43 Å². The van der Waals surface area contributed by atoms with Gasteiger partial charge in [-0.15, -0.1) is 0 Å². The molecular weight excluding hydrogens is 351 g/mol. The molecule has 0 atom stereocenters. The van der Waals surface area contributed by atoms with Gasteiger partial charge in [-0.05, 0) is 25.1 Å². The van der Waals surface area contributed by atoms with Gasteiger partial charge in [-0.1, -0.05) is 12.1 Å². The minimum Gasteiger partial charge on any atom is -0.506 e. The molecule has 0 unspecified atom stereocenters. The van der Waals surface area contributed by atoms with Crippen LogP contribution in [0.2, 0.25) is 0 Å². The summed E-state index contributed by atoms with van der Waals surface area (Å²) in [5.74, 6) is -6.29. The fourth-order valence-corrected chi connectivity index (χ4v) is 2.60. The van der Waals surface area contributed by atoms with Crippen molar-refractivity contribution in [3.8, 4) is 11.4 Å². The van der Waals surface area contributed by atoms with E-state index in [2.05, 4.69) is 0 Å². The standard InChI is InChI=1S/C18H12F3NO4/c1-2-26-18(25)10-8-22(12-5-3-4-6-13(12)23)16-9(17(10)24)7-11(19)14(20)15(16)21/h3-8,23H,2H2,1H3. The van der Waals surface area contributed by atoms with Gasteiger partial charge in [0.15, 0.2) is 17.5 Å². The number of benzene rings is 2. The lowest BCUT2D eigenvalue weighted by atomic mass is 10.1. The number of fused-ring (bicyclic) bond motifs is 1. The van der Waals surface area contributed by atoms with Gasteiger partial charge in [0.25, 0.3) is 0 Å². The molecule has 0 fully saturated rings. The van der Waals surface area contributed by atoms with Gasteiger partial charge in [-0.2, -0.15) is 0 Å². The molecule has 1 heterocycles. The molecule has 3 aromatic rings. The Labute approximate surface area is 144 Å².